The number of rotatable bonds is 5. The molecule has 1 aromatic rings. The maximum atomic E-state index is 11.0. The summed E-state index contributed by atoms with van der Waals surface area (Å²) in [7, 11) is 2.79. The number of methoxy groups -OCH3 is 2. The van der Waals surface area contributed by atoms with E-state index in [4.69, 9.17) is 26.8 Å². The summed E-state index contributed by atoms with van der Waals surface area (Å²) in [4.78, 5) is 14.5. The van der Waals surface area contributed by atoms with Crippen molar-refractivity contribution in [2.75, 3.05) is 20.1 Å². The number of nitro benzene ring substituents is 1. The second-order valence-electron chi connectivity index (χ2n) is 3.60. The topological polar surface area (TPSA) is 100.0 Å². The quantitative estimate of drug-likeness (QED) is 0.294. The second kappa shape index (κ2) is 6.24. The molecule has 8 heteroatoms. The number of hydrogen-bond donors (Lipinski definition) is 1. The zero-order valence-electron chi connectivity index (χ0n) is 10.8. The van der Waals surface area contributed by atoms with Crippen molar-refractivity contribution in [3.05, 3.63) is 21.7 Å². The number of aliphatic imine (C=N–C) groups is 1. The van der Waals surface area contributed by atoms with Gasteiger partial charge in [0.15, 0.2) is 5.75 Å². The van der Waals surface area contributed by atoms with E-state index in [0.29, 0.717) is 11.3 Å². The van der Waals surface area contributed by atoms with Gasteiger partial charge in [-0.2, -0.15) is 0 Å². The van der Waals surface area contributed by atoms with Gasteiger partial charge in [0, 0.05) is 11.6 Å². The van der Waals surface area contributed by atoms with Crippen molar-refractivity contribution in [1.82, 2.24) is 0 Å². The average Bonchev–Trinajstić information content (AvgIpc) is 2.38. The van der Waals surface area contributed by atoms with Crippen molar-refractivity contribution in [2.45, 2.75) is 6.92 Å². The van der Waals surface area contributed by atoms with Crippen LogP contribution in [0.4, 0.5) is 11.4 Å². The number of hydrogen-bond acceptors (Lipinski definition) is 5. The Balaban J connectivity index is 3.59. The van der Waals surface area contributed by atoms with Crippen LogP contribution in [0.3, 0.4) is 0 Å². The maximum Gasteiger partial charge on any atom is 0.313 e. The Morgan fingerprint density at radius 1 is 1.47 bits per heavy atom. The van der Waals surface area contributed by atoms with E-state index < -0.39 is 4.92 Å². The van der Waals surface area contributed by atoms with Crippen molar-refractivity contribution >= 4 is 28.8 Å². The number of alkyl halides is 1. The lowest BCUT2D eigenvalue weighted by atomic mass is 10.1. The Kier molecular flexibility index (Phi) is 4.94. The minimum atomic E-state index is -0.554. The van der Waals surface area contributed by atoms with Crippen molar-refractivity contribution in [3.63, 3.8) is 0 Å². The molecule has 0 saturated carbocycles. The highest BCUT2D eigenvalue weighted by atomic mass is 35.5. The zero-order valence-corrected chi connectivity index (χ0v) is 11.5. The molecule has 0 spiro atoms. The fourth-order valence-electron chi connectivity index (χ4n) is 1.67. The number of nitro groups is 1. The van der Waals surface area contributed by atoms with Gasteiger partial charge in [0.1, 0.15) is 11.5 Å². The van der Waals surface area contributed by atoms with Crippen LogP contribution in [0, 0.1) is 17.0 Å². The van der Waals surface area contributed by atoms with Crippen LogP contribution in [0.2, 0.25) is 0 Å². The van der Waals surface area contributed by atoms with E-state index in [2.05, 4.69) is 4.99 Å². The summed E-state index contributed by atoms with van der Waals surface area (Å²) >= 11 is 5.54. The molecular weight excluding hydrogens is 274 g/mol. The molecule has 0 unspecified atom stereocenters. The number of nitrogens with zero attached hydrogens (tertiary/aromatic N) is 2. The van der Waals surface area contributed by atoms with E-state index in [9.17, 15) is 10.1 Å². The van der Waals surface area contributed by atoms with Crippen molar-refractivity contribution in [2.24, 2.45) is 10.7 Å². The van der Waals surface area contributed by atoms with Crippen LogP contribution in [-0.4, -0.2) is 30.9 Å². The summed E-state index contributed by atoms with van der Waals surface area (Å²) in [5, 5.41) is 11.0. The van der Waals surface area contributed by atoms with Crippen molar-refractivity contribution in [3.8, 4) is 11.5 Å². The second-order valence-corrected chi connectivity index (χ2v) is 3.87. The molecule has 0 amide bonds. The van der Waals surface area contributed by atoms with Gasteiger partial charge in [0.2, 0.25) is 5.75 Å². The third-order valence-corrected chi connectivity index (χ3v) is 2.70. The molecule has 0 saturated heterocycles. The van der Waals surface area contributed by atoms with Crippen molar-refractivity contribution in [1.29, 1.82) is 0 Å². The van der Waals surface area contributed by atoms with E-state index in [0.717, 1.165) is 0 Å². The third kappa shape index (κ3) is 3.05. The first kappa shape index (κ1) is 15.0. The summed E-state index contributed by atoms with van der Waals surface area (Å²) < 4.78 is 10.2. The van der Waals surface area contributed by atoms with Crippen LogP contribution >= 0.6 is 11.6 Å². The predicted octanol–water partition coefficient (Wildman–Crippen LogP) is 2.15. The molecule has 104 valence electrons. The van der Waals surface area contributed by atoms with Gasteiger partial charge < -0.3 is 15.2 Å². The number of halogens is 1. The smallest absolute Gasteiger partial charge is 0.313 e. The molecular formula is C11H14ClN3O4. The SMILES string of the molecule is COc1c(N=C(N)CCl)cc([N+](=O)[O-])c(OC)c1C. The Morgan fingerprint density at radius 2 is 2.05 bits per heavy atom. The molecule has 0 fully saturated rings. The van der Waals surface area contributed by atoms with Gasteiger partial charge >= 0.3 is 5.69 Å². The van der Waals surface area contributed by atoms with Gasteiger partial charge in [-0.05, 0) is 6.92 Å². The molecule has 0 radical (unpaired) electrons. The summed E-state index contributed by atoms with van der Waals surface area (Å²) in [5.41, 5.74) is 6.04. The van der Waals surface area contributed by atoms with E-state index in [1.165, 1.54) is 20.3 Å². The number of ether oxygens (including phenoxy) is 2. The lowest BCUT2D eigenvalue weighted by Crippen LogP contribution is -2.12. The van der Waals surface area contributed by atoms with E-state index in [1.54, 1.807) is 6.92 Å². The van der Waals surface area contributed by atoms with Crippen LogP contribution in [0.25, 0.3) is 0 Å². The summed E-state index contributed by atoms with van der Waals surface area (Å²) in [6, 6.07) is 1.24. The molecule has 7 nitrogen and oxygen atoms in total. The largest absolute Gasteiger partial charge is 0.494 e. The Labute approximate surface area is 115 Å². The standard InChI is InChI=1S/C11H14ClN3O4/c1-6-10(18-2)7(14-9(13)5-12)4-8(15(16)17)11(6)19-3/h4H,5H2,1-3H3,(H2,13,14). The van der Waals surface area contributed by atoms with E-state index in [-0.39, 0.29) is 28.8 Å². The first-order valence-corrected chi connectivity index (χ1v) is 5.78. The van der Waals surface area contributed by atoms with Gasteiger partial charge in [-0.1, -0.05) is 0 Å². The third-order valence-electron chi connectivity index (χ3n) is 2.43. The van der Waals surface area contributed by atoms with Crippen LogP contribution in [0.5, 0.6) is 11.5 Å². The Hall–Kier alpha value is -2.02. The lowest BCUT2D eigenvalue weighted by molar-refractivity contribution is -0.385. The minimum Gasteiger partial charge on any atom is -0.494 e. The van der Waals surface area contributed by atoms with Gasteiger partial charge in [-0.25, -0.2) is 4.99 Å². The zero-order chi connectivity index (χ0) is 14.6. The molecule has 0 atom stereocenters. The highest BCUT2D eigenvalue weighted by Crippen LogP contribution is 2.43. The Bertz CT molecular complexity index is 531. The average molecular weight is 288 g/mol. The normalized spacial score (nSPS) is 11.3. The number of amidine groups is 1. The molecule has 0 heterocycles. The van der Waals surface area contributed by atoms with Gasteiger partial charge in [-0.3, -0.25) is 10.1 Å². The monoisotopic (exact) mass is 287 g/mol. The molecule has 2 N–H and O–H groups in total. The fraction of sp³-hybridized carbons (Fsp3) is 0.364. The van der Waals surface area contributed by atoms with E-state index in [1.807, 2.05) is 0 Å². The Morgan fingerprint density at radius 3 is 2.47 bits per heavy atom. The number of benzene rings is 1. The van der Waals surface area contributed by atoms with Gasteiger partial charge in [-0.15, -0.1) is 11.6 Å². The minimum absolute atomic E-state index is 0.0159. The van der Waals surface area contributed by atoms with Gasteiger partial charge in [0.25, 0.3) is 0 Å². The van der Waals surface area contributed by atoms with Crippen LogP contribution in [0.1, 0.15) is 5.56 Å². The molecule has 1 aromatic carbocycles. The summed E-state index contributed by atoms with van der Waals surface area (Å²) in [5.74, 6) is 0.641. The van der Waals surface area contributed by atoms with Crippen molar-refractivity contribution < 1.29 is 14.4 Å². The first-order chi connectivity index (χ1) is 8.96. The molecule has 0 aliphatic rings. The molecule has 0 aliphatic heterocycles. The molecule has 1 rings (SSSR count). The lowest BCUT2D eigenvalue weighted by Gasteiger charge is -2.12. The predicted molar refractivity (Wildman–Crippen MR) is 72.9 cm³/mol. The van der Waals surface area contributed by atoms with Crippen LogP contribution in [0.15, 0.2) is 11.1 Å². The molecule has 0 aromatic heterocycles. The fourth-order valence-corrected chi connectivity index (χ4v) is 1.73. The van der Waals surface area contributed by atoms with E-state index >= 15 is 0 Å². The number of nitrogens with two attached hydrogens (primary N) is 1. The highest BCUT2D eigenvalue weighted by Gasteiger charge is 2.24. The summed E-state index contributed by atoms with van der Waals surface area (Å²) in [6.45, 7) is 1.64. The molecule has 0 bridgehead atoms. The summed E-state index contributed by atoms with van der Waals surface area (Å²) in [6.07, 6.45) is 0. The molecule has 0 aliphatic carbocycles. The van der Waals surface area contributed by atoms with Gasteiger partial charge in [0.05, 0.1) is 25.0 Å². The van der Waals surface area contributed by atoms with Crippen LogP contribution < -0.4 is 15.2 Å². The molecule has 19 heavy (non-hydrogen) atoms. The highest BCUT2D eigenvalue weighted by molar-refractivity contribution is 6.28. The first-order valence-electron chi connectivity index (χ1n) is 5.25. The van der Waals surface area contributed by atoms with Crippen LogP contribution in [-0.2, 0) is 0 Å². The maximum absolute atomic E-state index is 11.0.